The fourth-order valence-electron chi connectivity index (χ4n) is 2.08. The van der Waals surface area contributed by atoms with Gasteiger partial charge >= 0.3 is 5.82 Å². The highest BCUT2D eigenvalue weighted by atomic mass is 16.6. The minimum Gasteiger partial charge on any atom is -0.358 e. The quantitative estimate of drug-likeness (QED) is 0.690. The molecule has 0 unspecified atom stereocenters. The van der Waals surface area contributed by atoms with Gasteiger partial charge in [-0.25, -0.2) is 0 Å². The predicted octanol–water partition coefficient (Wildman–Crippen LogP) is 2.36. The number of carbonyl (C=O) groups is 1. The van der Waals surface area contributed by atoms with Crippen molar-refractivity contribution in [2.75, 3.05) is 5.32 Å². The number of hydrogen-bond acceptors (Lipinski definition) is 4. The van der Waals surface area contributed by atoms with Crippen molar-refractivity contribution < 1.29 is 9.72 Å². The lowest BCUT2D eigenvalue weighted by Crippen LogP contribution is -2.20. The SMILES string of the molecule is Cc1cccc(C)c1NC(=O)Cn1cc([N+](=O)[O-])nc1C. The van der Waals surface area contributed by atoms with Crippen molar-refractivity contribution in [2.45, 2.75) is 27.3 Å². The van der Waals surface area contributed by atoms with Crippen molar-refractivity contribution in [3.8, 4) is 0 Å². The van der Waals surface area contributed by atoms with E-state index in [0.29, 0.717) is 5.82 Å². The Kier molecular flexibility index (Phi) is 4.02. The van der Waals surface area contributed by atoms with E-state index in [0.717, 1.165) is 16.8 Å². The molecule has 0 radical (unpaired) electrons. The second-order valence-corrected chi connectivity index (χ2v) is 4.85. The number of para-hydroxylation sites is 1. The monoisotopic (exact) mass is 288 g/mol. The molecule has 21 heavy (non-hydrogen) atoms. The summed E-state index contributed by atoms with van der Waals surface area (Å²) in [6, 6.07) is 5.75. The number of aryl methyl sites for hydroxylation is 3. The van der Waals surface area contributed by atoms with Crippen molar-refractivity contribution in [3.63, 3.8) is 0 Å². The van der Waals surface area contributed by atoms with Crippen LogP contribution >= 0.6 is 0 Å². The molecular formula is C14H16N4O3. The van der Waals surface area contributed by atoms with Crippen molar-refractivity contribution in [3.05, 3.63) is 51.5 Å². The Morgan fingerprint density at radius 2 is 1.95 bits per heavy atom. The van der Waals surface area contributed by atoms with Crippen molar-refractivity contribution in [2.24, 2.45) is 0 Å². The van der Waals surface area contributed by atoms with Crippen LogP contribution in [-0.2, 0) is 11.3 Å². The van der Waals surface area contributed by atoms with Gasteiger partial charge in [-0.1, -0.05) is 18.2 Å². The number of hydrogen-bond donors (Lipinski definition) is 1. The van der Waals surface area contributed by atoms with Crippen LogP contribution in [-0.4, -0.2) is 20.4 Å². The topological polar surface area (TPSA) is 90.1 Å². The van der Waals surface area contributed by atoms with Crippen LogP contribution in [0.2, 0.25) is 0 Å². The number of aromatic nitrogens is 2. The third-order valence-electron chi connectivity index (χ3n) is 3.21. The number of nitrogens with zero attached hydrogens (tertiary/aromatic N) is 3. The van der Waals surface area contributed by atoms with Crippen LogP contribution in [0, 0.1) is 30.9 Å². The third kappa shape index (κ3) is 3.25. The maximum Gasteiger partial charge on any atom is 0.381 e. The molecule has 2 aromatic rings. The van der Waals surface area contributed by atoms with Gasteiger partial charge in [-0.15, -0.1) is 0 Å². The van der Waals surface area contributed by atoms with E-state index in [1.807, 2.05) is 32.0 Å². The fourth-order valence-corrected chi connectivity index (χ4v) is 2.08. The molecule has 2 rings (SSSR count). The molecule has 1 heterocycles. The van der Waals surface area contributed by atoms with Crippen molar-refractivity contribution in [1.29, 1.82) is 0 Å². The molecule has 1 amide bonds. The number of imidazole rings is 1. The summed E-state index contributed by atoms with van der Waals surface area (Å²) in [6.45, 7) is 5.44. The average molecular weight is 288 g/mol. The van der Waals surface area contributed by atoms with Crippen molar-refractivity contribution >= 4 is 17.4 Å². The van der Waals surface area contributed by atoms with Crippen LogP contribution in [0.25, 0.3) is 0 Å². The molecule has 0 bridgehead atoms. The molecule has 0 spiro atoms. The summed E-state index contributed by atoms with van der Waals surface area (Å²) in [5.74, 6) is -0.0754. The first-order chi connectivity index (χ1) is 9.88. The maximum atomic E-state index is 12.1. The zero-order valence-corrected chi connectivity index (χ0v) is 12.1. The summed E-state index contributed by atoms with van der Waals surface area (Å²) in [7, 11) is 0. The lowest BCUT2D eigenvalue weighted by atomic mass is 10.1. The van der Waals surface area contributed by atoms with Crippen LogP contribution < -0.4 is 5.32 Å². The zero-order chi connectivity index (χ0) is 15.6. The number of nitrogens with one attached hydrogen (secondary N) is 1. The van der Waals surface area contributed by atoms with E-state index in [1.165, 1.54) is 10.8 Å². The number of carbonyl (C=O) groups excluding carboxylic acids is 1. The van der Waals surface area contributed by atoms with Gasteiger partial charge in [-0.05, 0) is 34.9 Å². The molecular weight excluding hydrogens is 272 g/mol. The first-order valence-corrected chi connectivity index (χ1v) is 6.42. The Labute approximate surface area is 121 Å². The highest BCUT2D eigenvalue weighted by Gasteiger charge is 2.17. The van der Waals surface area contributed by atoms with Crippen LogP contribution in [0.4, 0.5) is 11.5 Å². The molecule has 7 nitrogen and oxygen atoms in total. The minimum absolute atomic E-state index is 0.0134. The number of amides is 1. The summed E-state index contributed by atoms with van der Waals surface area (Å²) in [5.41, 5.74) is 2.71. The van der Waals surface area contributed by atoms with E-state index in [1.54, 1.807) is 6.92 Å². The van der Waals surface area contributed by atoms with Gasteiger partial charge in [0.1, 0.15) is 12.7 Å². The molecule has 1 N–H and O–H groups in total. The van der Waals surface area contributed by atoms with Gasteiger partial charge in [0, 0.05) is 12.6 Å². The van der Waals surface area contributed by atoms with Gasteiger partial charge in [0.2, 0.25) is 11.7 Å². The van der Waals surface area contributed by atoms with E-state index < -0.39 is 4.92 Å². The Hall–Kier alpha value is -2.70. The van der Waals surface area contributed by atoms with Gasteiger partial charge in [-0.2, -0.15) is 0 Å². The van der Waals surface area contributed by atoms with E-state index in [2.05, 4.69) is 10.3 Å². The Morgan fingerprint density at radius 3 is 2.48 bits per heavy atom. The Morgan fingerprint density at radius 1 is 1.33 bits per heavy atom. The molecule has 0 saturated heterocycles. The van der Waals surface area contributed by atoms with Gasteiger partial charge in [0.25, 0.3) is 0 Å². The van der Waals surface area contributed by atoms with Crippen LogP contribution in [0.15, 0.2) is 24.4 Å². The molecule has 0 aliphatic rings. The summed E-state index contributed by atoms with van der Waals surface area (Å²) in [4.78, 5) is 26.0. The lowest BCUT2D eigenvalue weighted by Gasteiger charge is -2.11. The molecule has 1 aromatic heterocycles. The maximum absolute atomic E-state index is 12.1. The Bertz CT molecular complexity index is 686. The molecule has 110 valence electrons. The van der Waals surface area contributed by atoms with Gasteiger partial charge in [0.05, 0.1) is 0 Å². The fraction of sp³-hybridized carbons (Fsp3) is 0.286. The van der Waals surface area contributed by atoms with E-state index >= 15 is 0 Å². The lowest BCUT2D eigenvalue weighted by molar-refractivity contribution is -0.389. The van der Waals surface area contributed by atoms with Crippen molar-refractivity contribution in [1.82, 2.24) is 9.55 Å². The standard InChI is InChI=1S/C14H16N4O3/c1-9-5-4-6-10(2)14(9)16-13(19)8-17-7-12(18(20)21)15-11(17)3/h4-7H,8H2,1-3H3,(H,16,19). The van der Waals surface area contributed by atoms with E-state index in [9.17, 15) is 14.9 Å². The smallest absolute Gasteiger partial charge is 0.358 e. The molecule has 0 atom stereocenters. The Balaban J connectivity index is 2.14. The molecule has 0 saturated carbocycles. The number of benzene rings is 1. The number of anilines is 1. The summed E-state index contributed by atoms with van der Waals surface area (Å²) in [6.07, 6.45) is 1.26. The zero-order valence-electron chi connectivity index (χ0n) is 12.1. The highest BCUT2D eigenvalue weighted by molar-refractivity contribution is 5.92. The molecule has 0 aliphatic carbocycles. The second kappa shape index (κ2) is 5.74. The largest absolute Gasteiger partial charge is 0.381 e. The summed E-state index contributed by atoms with van der Waals surface area (Å²) in [5, 5.41) is 13.5. The van der Waals surface area contributed by atoms with Crippen LogP contribution in [0.5, 0.6) is 0 Å². The first-order valence-electron chi connectivity index (χ1n) is 6.42. The molecule has 7 heteroatoms. The molecule has 0 fully saturated rings. The van der Waals surface area contributed by atoms with Gasteiger partial charge in [-0.3, -0.25) is 9.36 Å². The van der Waals surface area contributed by atoms with Crippen LogP contribution in [0.3, 0.4) is 0 Å². The van der Waals surface area contributed by atoms with Gasteiger partial charge in [0.15, 0.2) is 0 Å². The number of rotatable bonds is 4. The normalized spacial score (nSPS) is 10.4. The molecule has 1 aromatic carbocycles. The van der Waals surface area contributed by atoms with E-state index in [4.69, 9.17) is 0 Å². The average Bonchev–Trinajstić information content (AvgIpc) is 2.76. The first kappa shape index (κ1) is 14.7. The second-order valence-electron chi connectivity index (χ2n) is 4.85. The van der Waals surface area contributed by atoms with Gasteiger partial charge < -0.3 is 15.4 Å². The summed E-state index contributed by atoms with van der Waals surface area (Å²) < 4.78 is 1.46. The molecule has 0 aliphatic heterocycles. The third-order valence-corrected chi connectivity index (χ3v) is 3.21. The van der Waals surface area contributed by atoms with E-state index in [-0.39, 0.29) is 18.3 Å². The highest BCUT2D eigenvalue weighted by Crippen LogP contribution is 2.19. The summed E-state index contributed by atoms with van der Waals surface area (Å²) >= 11 is 0. The minimum atomic E-state index is -0.576. The number of nitro groups is 1. The van der Waals surface area contributed by atoms with Crippen LogP contribution in [0.1, 0.15) is 17.0 Å². The predicted molar refractivity (Wildman–Crippen MR) is 78.2 cm³/mol.